The lowest BCUT2D eigenvalue weighted by molar-refractivity contribution is 0.101. The molecule has 0 aliphatic carbocycles. The lowest BCUT2D eigenvalue weighted by atomic mass is 10.1. The van der Waals surface area contributed by atoms with Crippen molar-refractivity contribution in [2.24, 2.45) is 7.05 Å². The minimum Gasteiger partial charge on any atom is -0.293 e. The molecule has 2 heterocycles. The minimum absolute atomic E-state index is 0.0319. The molecule has 0 bridgehead atoms. The molecule has 0 amide bonds. The molecule has 0 unspecified atom stereocenters. The molecule has 0 spiro atoms. The van der Waals surface area contributed by atoms with Crippen molar-refractivity contribution >= 4 is 16.7 Å². The second-order valence-corrected chi connectivity index (χ2v) is 4.51. The normalized spacial score (nSPS) is 10.8. The summed E-state index contributed by atoms with van der Waals surface area (Å²) >= 11 is 0. The fraction of sp³-hybridized carbons (Fsp3) is 0.133. The third-order valence-corrected chi connectivity index (χ3v) is 3.13. The summed E-state index contributed by atoms with van der Waals surface area (Å²) in [5.41, 5.74) is 3.29. The predicted octanol–water partition coefficient (Wildman–Crippen LogP) is 2.84. The quantitative estimate of drug-likeness (QED) is 0.658. The van der Waals surface area contributed by atoms with Crippen LogP contribution in [0, 0.1) is 0 Å². The summed E-state index contributed by atoms with van der Waals surface area (Å²) < 4.78 is 1.71. The zero-order valence-corrected chi connectivity index (χ0v) is 10.8. The molecule has 0 aliphatic rings. The van der Waals surface area contributed by atoms with Crippen LogP contribution in [0.3, 0.4) is 0 Å². The molecule has 0 saturated heterocycles. The number of hydrogen-bond donors (Lipinski definition) is 0. The highest BCUT2D eigenvalue weighted by Crippen LogP contribution is 2.23. The fourth-order valence-corrected chi connectivity index (χ4v) is 2.12. The number of benzene rings is 1. The molecule has 0 N–H and O–H groups in total. The van der Waals surface area contributed by atoms with Crippen molar-refractivity contribution in [1.82, 2.24) is 14.8 Å². The average Bonchev–Trinajstić information content (AvgIpc) is 2.80. The number of hydrogen-bond acceptors (Lipinski definition) is 3. The molecule has 0 saturated carbocycles. The number of para-hydroxylation sites is 1. The van der Waals surface area contributed by atoms with Crippen LogP contribution in [-0.2, 0) is 7.05 Å². The second-order valence-electron chi connectivity index (χ2n) is 4.51. The first-order valence-electron chi connectivity index (χ1n) is 6.05. The Labute approximate surface area is 110 Å². The molecule has 0 atom stereocenters. The third kappa shape index (κ3) is 2.01. The number of carbonyl (C=O) groups excluding carboxylic acids is 1. The summed E-state index contributed by atoms with van der Waals surface area (Å²) in [5, 5.41) is 5.28. The predicted molar refractivity (Wildman–Crippen MR) is 73.9 cm³/mol. The molecular formula is C15H13N3O. The lowest BCUT2D eigenvalue weighted by Gasteiger charge is -2.03. The highest BCUT2D eigenvalue weighted by atomic mass is 16.1. The van der Waals surface area contributed by atoms with Crippen LogP contribution >= 0.6 is 0 Å². The van der Waals surface area contributed by atoms with Crippen molar-refractivity contribution in [3.63, 3.8) is 0 Å². The van der Waals surface area contributed by atoms with Gasteiger partial charge in [0.05, 0.1) is 11.2 Å². The maximum absolute atomic E-state index is 11.4. The molecule has 0 aliphatic heterocycles. The number of fused-ring (bicyclic) bond motifs is 1. The van der Waals surface area contributed by atoms with Gasteiger partial charge in [0, 0.05) is 31.1 Å². The molecule has 0 radical (unpaired) electrons. The van der Waals surface area contributed by atoms with E-state index in [1.165, 1.54) is 6.92 Å². The second kappa shape index (κ2) is 4.31. The zero-order chi connectivity index (χ0) is 13.4. The Morgan fingerprint density at radius 3 is 2.74 bits per heavy atom. The third-order valence-electron chi connectivity index (χ3n) is 3.13. The Kier molecular flexibility index (Phi) is 2.63. The maximum Gasteiger partial charge on any atom is 0.180 e. The zero-order valence-electron chi connectivity index (χ0n) is 10.8. The van der Waals surface area contributed by atoms with Gasteiger partial charge in [0.15, 0.2) is 5.78 Å². The van der Waals surface area contributed by atoms with Gasteiger partial charge in [0.2, 0.25) is 0 Å². The molecule has 3 aromatic rings. The van der Waals surface area contributed by atoms with Gasteiger partial charge >= 0.3 is 0 Å². The van der Waals surface area contributed by atoms with Gasteiger partial charge in [-0.3, -0.25) is 14.5 Å². The van der Waals surface area contributed by atoms with E-state index in [4.69, 9.17) is 0 Å². The van der Waals surface area contributed by atoms with E-state index in [2.05, 4.69) is 16.1 Å². The van der Waals surface area contributed by atoms with Gasteiger partial charge in [0.25, 0.3) is 0 Å². The van der Waals surface area contributed by atoms with Crippen LogP contribution in [0.1, 0.15) is 17.4 Å². The highest BCUT2D eigenvalue weighted by Gasteiger charge is 2.11. The van der Waals surface area contributed by atoms with E-state index in [-0.39, 0.29) is 5.78 Å². The largest absolute Gasteiger partial charge is 0.293 e. The molecule has 3 rings (SSSR count). The van der Waals surface area contributed by atoms with E-state index in [9.17, 15) is 4.79 Å². The first kappa shape index (κ1) is 11.6. The number of ketones is 1. The number of carbonyl (C=O) groups is 1. The van der Waals surface area contributed by atoms with Gasteiger partial charge in [-0.25, -0.2) is 0 Å². The van der Waals surface area contributed by atoms with E-state index in [1.807, 2.05) is 37.5 Å². The Morgan fingerprint density at radius 2 is 2.00 bits per heavy atom. The van der Waals surface area contributed by atoms with E-state index in [0.29, 0.717) is 5.69 Å². The summed E-state index contributed by atoms with van der Waals surface area (Å²) in [5.74, 6) is -0.0319. The van der Waals surface area contributed by atoms with Crippen molar-refractivity contribution < 1.29 is 4.79 Å². The van der Waals surface area contributed by atoms with Crippen molar-refractivity contribution in [3.8, 4) is 11.3 Å². The van der Waals surface area contributed by atoms with Crippen LogP contribution in [0.15, 0.2) is 42.6 Å². The van der Waals surface area contributed by atoms with Gasteiger partial charge in [-0.05, 0) is 18.2 Å². The maximum atomic E-state index is 11.4. The standard InChI is InChI=1S/C15H13N3O/c1-10(19)14-8-15(18(2)17-14)12-7-11-5-3-4-6-13(11)16-9-12/h3-9H,1-2H3. The number of nitrogens with zero attached hydrogens (tertiary/aromatic N) is 3. The van der Waals surface area contributed by atoms with Crippen LogP contribution in [0.4, 0.5) is 0 Å². The van der Waals surface area contributed by atoms with Crippen molar-refractivity contribution in [1.29, 1.82) is 0 Å². The van der Waals surface area contributed by atoms with Gasteiger partial charge in [-0.15, -0.1) is 0 Å². The molecule has 19 heavy (non-hydrogen) atoms. The van der Waals surface area contributed by atoms with Crippen molar-refractivity contribution in [3.05, 3.63) is 48.3 Å². The summed E-state index contributed by atoms with van der Waals surface area (Å²) in [4.78, 5) is 15.8. The van der Waals surface area contributed by atoms with E-state index in [1.54, 1.807) is 10.7 Å². The van der Waals surface area contributed by atoms with Crippen molar-refractivity contribution in [2.45, 2.75) is 6.92 Å². The summed E-state index contributed by atoms with van der Waals surface area (Å²) in [6, 6.07) is 11.8. The number of aryl methyl sites for hydroxylation is 1. The topological polar surface area (TPSA) is 47.8 Å². The molecular weight excluding hydrogens is 238 g/mol. The first-order valence-corrected chi connectivity index (χ1v) is 6.05. The Bertz CT molecular complexity index is 774. The average molecular weight is 251 g/mol. The van der Waals surface area contributed by atoms with Crippen LogP contribution in [0.5, 0.6) is 0 Å². The van der Waals surface area contributed by atoms with Gasteiger partial charge in [0.1, 0.15) is 5.69 Å². The Balaban J connectivity index is 2.16. The molecule has 4 heteroatoms. The fourth-order valence-electron chi connectivity index (χ4n) is 2.12. The molecule has 1 aromatic carbocycles. The van der Waals surface area contributed by atoms with E-state index < -0.39 is 0 Å². The minimum atomic E-state index is -0.0319. The number of pyridine rings is 1. The number of aromatic nitrogens is 3. The van der Waals surface area contributed by atoms with Crippen LogP contribution in [0.2, 0.25) is 0 Å². The first-order chi connectivity index (χ1) is 9.15. The summed E-state index contributed by atoms with van der Waals surface area (Å²) in [6.45, 7) is 1.52. The molecule has 4 nitrogen and oxygen atoms in total. The van der Waals surface area contributed by atoms with Gasteiger partial charge in [-0.1, -0.05) is 18.2 Å². The number of Topliss-reactive ketones (excluding diaryl/α,β-unsaturated/α-hetero) is 1. The Hall–Kier alpha value is -2.49. The van der Waals surface area contributed by atoms with E-state index in [0.717, 1.165) is 22.2 Å². The van der Waals surface area contributed by atoms with Crippen molar-refractivity contribution in [2.75, 3.05) is 0 Å². The van der Waals surface area contributed by atoms with Gasteiger partial charge < -0.3 is 0 Å². The number of rotatable bonds is 2. The SMILES string of the molecule is CC(=O)c1cc(-c2cnc3ccccc3c2)n(C)n1. The molecule has 2 aromatic heterocycles. The monoisotopic (exact) mass is 251 g/mol. The van der Waals surface area contributed by atoms with Crippen LogP contribution in [-0.4, -0.2) is 20.5 Å². The molecule has 0 fully saturated rings. The Morgan fingerprint density at radius 1 is 1.21 bits per heavy atom. The van der Waals surface area contributed by atoms with Gasteiger partial charge in [-0.2, -0.15) is 5.10 Å². The van der Waals surface area contributed by atoms with E-state index >= 15 is 0 Å². The summed E-state index contributed by atoms with van der Waals surface area (Å²) in [6.07, 6.45) is 1.81. The highest BCUT2D eigenvalue weighted by molar-refractivity contribution is 5.93. The van der Waals surface area contributed by atoms with Crippen LogP contribution < -0.4 is 0 Å². The van der Waals surface area contributed by atoms with Crippen LogP contribution in [0.25, 0.3) is 22.2 Å². The smallest absolute Gasteiger partial charge is 0.180 e. The summed E-state index contributed by atoms with van der Waals surface area (Å²) in [7, 11) is 1.83. The lowest BCUT2D eigenvalue weighted by Crippen LogP contribution is -1.97. The molecule has 94 valence electrons.